The van der Waals surface area contributed by atoms with E-state index in [1.165, 1.54) is 23.8 Å². The Kier molecular flexibility index (Phi) is 5.41. The lowest BCUT2D eigenvalue weighted by atomic mass is 9.94. The quantitative estimate of drug-likeness (QED) is 0.740. The predicted molar refractivity (Wildman–Crippen MR) is 116 cm³/mol. The molecule has 29 heavy (non-hydrogen) atoms. The Morgan fingerprint density at radius 1 is 1.14 bits per heavy atom. The summed E-state index contributed by atoms with van der Waals surface area (Å²) >= 11 is 0. The summed E-state index contributed by atoms with van der Waals surface area (Å²) in [5, 5.41) is 0. The first-order valence-electron chi connectivity index (χ1n) is 10.1. The molecule has 3 nitrogen and oxygen atoms in total. The average molecular weight is 395 g/mol. The zero-order chi connectivity index (χ0) is 20.5. The van der Waals surface area contributed by atoms with Crippen molar-refractivity contribution < 1.29 is 8.78 Å². The molecule has 0 bridgehead atoms. The van der Waals surface area contributed by atoms with Crippen molar-refractivity contribution in [2.75, 3.05) is 30.3 Å². The second-order valence-corrected chi connectivity index (χ2v) is 8.05. The van der Waals surface area contributed by atoms with Gasteiger partial charge >= 0.3 is 0 Å². The molecule has 1 atom stereocenters. The highest BCUT2D eigenvalue weighted by molar-refractivity contribution is 5.75. The van der Waals surface area contributed by atoms with Crippen molar-refractivity contribution in [3.05, 3.63) is 77.5 Å². The number of nitrogens with two attached hydrogens (primary N) is 1. The summed E-state index contributed by atoms with van der Waals surface area (Å²) in [5.41, 5.74) is 11.8. The fourth-order valence-electron chi connectivity index (χ4n) is 4.46. The smallest absolute Gasteiger partial charge is 0.125 e. The highest BCUT2D eigenvalue weighted by Crippen LogP contribution is 2.38. The maximum Gasteiger partial charge on any atom is 0.125 e. The van der Waals surface area contributed by atoms with Crippen LogP contribution < -0.4 is 10.6 Å². The zero-order valence-corrected chi connectivity index (χ0v) is 16.8. The maximum absolute atomic E-state index is 13.8. The molecule has 0 aromatic heterocycles. The van der Waals surface area contributed by atoms with E-state index in [2.05, 4.69) is 29.4 Å². The van der Waals surface area contributed by atoms with Gasteiger partial charge in [0.05, 0.1) is 11.4 Å². The third-order valence-corrected chi connectivity index (χ3v) is 5.95. The Labute approximate surface area is 171 Å². The summed E-state index contributed by atoms with van der Waals surface area (Å²) in [6, 6.07) is 9.96. The van der Waals surface area contributed by atoms with Crippen LogP contribution in [-0.2, 0) is 6.42 Å². The number of anilines is 2. The highest BCUT2D eigenvalue weighted by atomic mass is 19.1. The summed E-state index contributed by atoms with van der Waals surface area (Å²) in [6.45, 7) is 8.97. The van der Waals surface area contributed by atoms with Gasteiger partial charge in [-0.15, -0.1) is 0 Å². The second-order valence-electron chi connectivity index (χ2n) is 8.05. The van der Waals surface area contributed by atoms with Gasteiger partial charge in [-0.1, -0.05) is 24.8 Å². The Morgan fingerprint density at radius 3 is 2.59 bits per heavy atom. The van der Waals surface area contributed by atoms with Crippen LogP contribution in [0.3, 0.4) is 0 Å². The van der Waals surface area contributed by atoms with Crippen LogP contribution >= 0.6 is 0 Å². The molecule has 1 unspecified atom stereocenters. The van der Waals surface area contributed by atoms with Crippen LogP contribution in [0.5, 0.6) is 0 Å². The van der Waals surface area contributed by atoms with Crippen LogP contribution in [0.15, 0.2) is 54.8 Å². The molecule has 2 aromatic rings. The molecule has 2 aromatic carbocycles. The largest absolute Gasteiger partial charge is 0.397 e. The predicted octanol–water partition coefficient (Wildman–Crippen LogP) is 4.99. The van der Waals surface area contributed by atoms with Crippen molar-refractivity contribution in [3.8, 4) is 0 Å². The summed E-state index contributed by atoms with van der Waals surface area (Å²) in [7, 11) is 0. The lowest BCUT2D eigenvalue weighted by molar-refractivity contribution is 0.322. The molecule has 4 rings (SSSR count). The van der Waals surface area contributed by atoms with Gasteiger partial charge in [0.2, 0.25) is 0 Å². The molecule has 0 radical (unpaired) electrons. The molecule has 152 valence electrons. The van der Waals surface area contributed by atoms with Gasteiger partial charge in [0.15, 0.2) is 0 Å². The third kappa shape index (κ3) is 4.06. The zero-order valence-electron chi connectivity index (χ0n) is 16.8. The first kappa shape index (κ1) is 19.6. The maximum atomic E-state index is 13.8. The van der Waals surface area contributed by atoms with Crippen molar-refractivity contribution in [2.24, 2.45) is 0 Å². The Balaban J connectivity index is 1.47. The van der Waals surface area contributed by atoms with E-state index in [9.17, 15) is 8.78 Å². The van der Waals surface area contributed by atoms with E-state index in [1.54, 1.807) is 6.07 Å². The van der Waals surface area contributed by atoms with Gasteiger partial charge in [-0.25, -0.2) is 8.78 Å². The van der Waals surface area contributed by atoms with Gasteiger partial charge < -0.3 is 10.6 Å². The van der Waals surface area contributed by atoms with Crippen LogP contribution in [0.4, 0.5) is 20.2 Å². The topological polar surface area (TPSA) is 32.5 Å². The van der Waals surface area contributed by atoms with Crippen molar-refractivity contribution in [3.63, 3.8) is 0 Å². The molecule has 0 fully saturated rings. The standard InChI is InChI=1S/C24H27F2N3/c1-16-3-4-20-13-22(26)14-23(27)24(20)29(16)17(2)15-28-11-9-19(10-12-28)18-5-7-21(25)8-6-18/h5-9,13-14,16H,2-4,10-12,15,27H2,1H3. The first-order valence-corrected chi connectivity index (χ1v) is 10.1. The lowest BCUT2D eigenvalue weighted by Crippen LogP contribution is -2.42. The van der Waals surface area contributed by atoms with Crippen molar-refractivity contribution >= 4 is 16.9 Å². The molecule has 0 saturated carbocycles. The molecule has 2 heterocycles. The minimum atomic E-state index is -0.282. The van der Waals surface area contributed by atoms with Gasteiger partial charge in [0, 0.05) is 31.4 Å². The van der Waals surface area contributed by atoms with Crippen LogP contribution in [0.2, 0.25) is 0 Å². The van der Waals surface area contributed by atoms with Crippen molar-refractivity contribution in [2.45, 2.75) is 32.2 Å². The molecule has 2 N–H and O–H groups in total. The fourth-order valence-corrected chi connectivity index (χ4v) is 4.46. The normalized spacial score (nSPS) is 19.6. The van der Waals surface area contributed by atoms with E-state index in [1.807, 2.05) is 12.1 Å². The summed E-state index contributed by atoms with van der Waals surface area (Å²) in [4.78, 5) is 4.53. The van der Waals surface area contributed by atoms with Gasteiger partial charge in [-0.05, 0) is 67.2 Å². The fraction of sp³-hybridized carbons (Fsp3) is 0.333. The van der Waals surface area contributed by atoms with E-state index in [0.717, 1.165) is 61.4 Å². The number of benzene rings is 2. The Hall–Kier alpha value is -2.66. The molecule has 2 aliphatic rings. The number of hydrogen-bond donors (Lipinski definition) is 1. The van der Waals surface area contributed by atoms with Crippen molar-refractivity contribution in [1.82, 2.24) is 4.90 Å². The second kappa shape index (κ2) is 7.99. The molecule has 0 saturated heterocycles. The summed E-state index contributed by atoms with van der Waals surface area (Å²) in [6.07, 6.45) is 4.90. The average Bonchev–Trinajstić information content (AvgIpc) is 2.69. The third-order valence-electron chi connectivity index (χ3n) is 5.95. The van der Waals surface area contributed by atoms with E-state index in [4.69, 9.17) is 5.73 Å². The Bertz CT molecular complexity index is 949. The van der Waals surface area contributed by atoms with Crippen LogP contribution in [-0.4, -0.2) is 30.6 Å². The Morgan fingerprint density at radius 2 is 1.90 bits per heavy atom. The monoisotopic (exact) mass is 395 g/mol. The van der Waals surface area contributed by atoms with E-state index in [-0.39, 0.29) is 17.7 Å². The molecule has 0 aliphatic carbocycles. The molecule has 5 heteroatoms. The molecule has 0 amide bonds. The number of hydrogen-bond acceptors (Lipinski definition) is 3. The number of nitrogens with zero attached hydrogens (tertiary/aromatic N) is 2. The minimum absolute atomic E-state index is 0.210. The van der Waals surface area contributed by atoms with Crippen LogP contribution in [0, 0.1) is 11.6 Å². The van der Waals surface area contributed by atoms with E-state index < -0.39 is 0 Å². The first-order chi connectivity index (χ1) is 13.9. The van der Waals surface area contributed by atoms with Crippen LogP contribution in [0.1, 0.15) is 30.9 Å². The number of fused-ring (bicyclic) bond motifs is 1. The molecular weight excluding hydrogens is 368 g/mol. The molecule has 2 aliphatic heterocycles. The summed E-state index contributed by atoms with van der Waals surface area (Å²) in [5.74, 6) is -0.492. The van der Waals surface area contributed by atoms with Crippen LogP contribution in [0.25, 0.3) is 5.57 Å². The van der Waals surface area contributed by atoms with Gasteiger partial charge in [0.1, 0.15) is 11.6 Å². The SMILES string of the molecule is C=C(CN1CC=C(c2ccc(F)cc2)CC1)N1c2c(N)cc(F)cc2CCC1C. The van der Waals surface area contributed by atoms with Gasteiger partial charge in [-0.3, -0.25) is 4.90 Å². The number of halogens is 2. The number of rotatable bonds is 4. The van der Waals surface area contributed by atoms with Crippen molar-refractivity contribution in [1.29, 1.82) is 0 Å². The highest BCUT2D eigenvalue weighted by Gasteiger charge is 2.28. The van der Waals surface area contributed by atoms with E-state index in [0.29, 0.717) is 5.69 Å². The number of nitrogen functional groups attached to an aromatic ring is 1. The lowest BCUT2D eigenvalue weighted by Gasteiger charge is -2.40. The number of aryl methyl sites for hydroxylation is 1. The molecular formula is C24H27F2N3. The summed E-state index contributed by atoms with van der Waals surface area (Å²) < 4.78 is 26.9. The van der Waals surface area contributed by atoms with Gasteiger partial charge in [-0.2, -0.15) is 0 Å². The molecule has 0 spiro atoms. The van der Waals surface area contributed by atoms with E-state index >= 15 is 0 Å². The van der Waals surface area contributed by atoms with Gasteiger partial charge in [0.25, 0.3) is 0 Å². The minimum Gasteiger partial charge on any atom is -0.397 e.